The number of nitrogens with one attached hydrogen (secondary N) is 1. The minimum Gasteiger partial charge on any atom is -0.314 e. The highest BCUT2D eigenvalue weighted by Crippen LogP contribution is 2.27. The van der Waals surface area contributed by atoms with Crippen LogP contribution in [0.3, 0.4) is 0 Å². The van der Waals surface area contributed by atoms with Crippen LogP contribution in [0, 0.1) is 5.92 Å². The SMILES string of the molecule is CCCNC(C)CCCCN(CC(C)C)C1CC1. The zero-order valence-electron chi connectivity index (χ0n) is 13.0. The van der Waals surface area contributed by atoms with Gasteiger partial charge >= 0.3 is 0 Å². The van der Waals surface area contributed by atoms with Crippen LogP contribution in [0.15, 0.2) is 0 Å². The van der Waals surface area contributed by atoms with Crippen molar-refractivity contribution in [1.82, 2.24) is 10.2 Å². The summed E-state index contributed by atoms with van der Waals surface area (Å²) >= 11 is 0. The van der Waals surface area contributed by atoms with Crippen molar-refractivity contribution in [3.63, 3.8) is 0 Å². The van der Waals surface area contributed by atoms with Gasteiger partial charge in [0.15, 0.2) is 0 Å². The Labute approximate surface area is 115 Å². The van der Waals surface area contributed by atoms with Gasteiger partial charge in [-0.15, -0.1) is 0 Å². The predicted octanol–water partition coefficient (Wildman–Crippen LogP) is 3.67. The van der Waals surface area contributed by atoms with Gasteiger partial charge in [-0.1, -0.05) is 27.2 Å². The van der Waals surface area contributed by atoms with E-state index < -0.39 is 0 Å². The lowest BCUT2D eigenvalue weighted by Crippen LogP contribution is -2.31. The first-order chi connectivity index (χ1) is 8.63. The molecule has 1 unspecified atom stereocenters. The summed E-state index contributed by atoms with van der Waals surface area (Å²) in [6.07, 6.45) is 8.22. The van der Waals surface area contributed by atoms with E-state index in [1.54, 1.807) is 0 Å². The Hall–Kier alpha value is -0.0800. The molecule has 2 heteroatoms. The zero-order valence-corrected chi connectivity index (χ0v) is 13.0. The van der Waals surface area contributed by atoms with Crippen molar-refractivity contribution in [1.29, 1.82) is 0 Å². The van der Waals surface area contributed by atoms with E-state index in [2.05, 4.69) is 37.9 Å². The molecule has 18 heavy (non-hydrogen) atoms. The minimum absolute atomic E-state index is 0.699. The fourth-order valence-corrected chi connectivity index (χ4v) is 2.59. The average Bonchev–Trinajstić information content (AvgIpc) is 3.14. The van der Waals surface area contributed by atoms with Crippen molar-refractivity contribution in [3.05, 3.63) is 0 Å². The third kappa shape index (κ3) is 7.38. The molecule has 1 aliphatic rings. The van der Waals surface area contributed by atoms with E-state index in [1.165, 1.54) is 58.2 Å². The normalized spacial score (nSPS) is 17.7. The zero-order chi connectivity index (χ0) is 13.4. The molecule has 0 radical (unpaired) electrons. The number of rotatable bonds is 11. The Bertz CT molecular complexity index is 199. The first-order valence-corrected chi connectivity index (χ1v) is 8.11. The summed E-state index contributed by atoms with van der Waals surface area (Å²) in [6.45, 7) is 13.0. The molecule has 0 amide bonds. The Morgan fingerprint density at radius 1 is 1.17 bits per heavy atom. The molecule has 0 heterocycles. The first-order valence-electron chi connectivity index (χ1n) is 8.11. The Kier molecular flexibility index (Phi) is 7.92. The van der Waals surface area contributed by atoms with Crippen LogP contribution in [0.1, 0.15) is 66.2 Å². The van der Waals surface area contributed by atoms with E-state index >= 15 is 0 Å². The molecule has 0 saturated heterocycles. The maximum Gasteiger partial charge on any atom is 0.00965 e. The minimum atomic E-state index is 0.699. The molecule has 0 aromatic carbocycles. The third-order valence-electron chi connectivity index (χ3n) is 3.74. The van der Waals surface area contributed by atoms with Gasteiger partial charge in [-0.2, -0.15) is 0 Å². The van der Waals surface area contributed by atoms with Crippen LogP contribution in [-0.4, -0.2) is 36.6 Å². The van der Waals surface area contributed by atoms with Crippen LogP contribution in [0.25, 0.3) is 0 Å². The topological polar surface area (TPSA) is 15.3 Å². The standard InChI is InChI=1S/C16H34N2/c1-5-11-17-15(4)8-6-7-12-18(13-14(2)3)16-9-10-16/h14-17H,5-13H2,1-4H3. The highest BCUT2D eigenvalue weighted by atomic mass is 15.2. The number of unbranched alkanes of at least 4 members (excludes halogenated alkanes) is 1. The lowest BCUT2D eigenvalue weighted by atomic mass is 10.1. The molecular formula is C16H34N2. The molecule has 0 aromatic rings. The van der Waals surface area contributed by atoms with Gasteiger partial charge in [0.2, 0.25) is 0 Å². The van der Waals surface area contributed by atoms with Crippen molar-refractivity contribution in [2.45, 2.75) is 78.3 Å². The van der Waals surface area contributed by atoms with Gasteiger partial charge in [0.05, 0.1) is 0 Å². The molecule has 1 aliphatic carbocycles. The molecule has 0 bridgehead atoms. The molecule has 1 N–H and O–H groups in total. The second-order valence-electron chi connectivity index (χ2n) is 6.47. The molecular weight excluding hydrogens is 220 g/mol. The first kappa shape index (κ1) is 16.0. The summed E-state index contributed by atoms with van der Waals surface area (Å²) in [6, 6.07) is 1.63. The van der Waals surface area contributed by atoms with Crippen LogP contribution in [0.2, 0.25) is 0 Å². The summed E-state index contributed by atoms with van der Waals surface area (Å²) in [5.41, 5.74) is 0. The molecule has 0 aliphatic heterocycles. The van der Waals surface area contributed by atoms with E-state index in [9.17, 15) is 0 Å². The van der Waals surface area contributed by atoms with Crippen LogP contribution in [0.4, 0.5) is 0 Å². The summed E-state index contributed by atoms with van der Waals surface area (Å²) in [5.74, 6) is 0.816. The molecule has 108 valence electrons. The predicted molar refractivity (Wildman–Crippen MR) is 81.0 cm³/mol. The molecule has 2 nitrogen and oxygen atoms in total. The molecule has 0 spiro atoms. The van der Waals surface area contributed by atoms with Crippen molar-refractivity contribution < 1.29 is 0 Å². The van der Waals surface area contributed by atoms with Gasteiger partial charge in [0.1, 0.15) is 0 Å². The van der Waals surface area contributed by atoms with Gasteiger partial charge in [0, 0.05) is 18.6 Å². The van der Waals surface area contributed by atoms with Crippen LogP contribution in [-0.2, 0) is 0 Å². The monoisotopic (exact) mass is 254 g/mol. The number of hydrogen-bond donors (Lipinski definition) is 1. The second-order valence-corrected chi connectivity index (χ2v) is 6.47. The quantitative estimate of drug-likeness (QED) is 0.566. The Balaban J connectivity index is 2.04. The molecule has 1 saturated carbocycles. The molecule has 1 rings (SSSR count). The van der Waals surface area contributed by atoms with Gasteiger partial charge in [-0.25, -0.2) is 0 Å². The fourth-order valence-electron chi connectivity index (χ4n) is 2.59. The van der Waals surface area contributed by atoms with E-state index in [1.807, 2.05) is 0 Å². The number of nitrogens with zero attached hydrogens (tertiary/aromatic N) is 1. The van der Waals surface area contributed by atoms with E-state index in [4.69, 9.17) is 0 Å². The fraction of sp³-hybridized carbons (Fsp3) is 1.00. The third-order valence-corrected chi connectivity index (χ3v) is 3.74. The second kappa shape index (κ2) is 8.92. The van der Waals surface area contributed by atoms with Gasteiger partial charge in [0.25, 0.3) is 0 Å². The van der Waals surface area contributed by atoms with Gasteiger partial charge in [-0.05, 0) is 58.0 Å². The highest BCUT2D eigenvalue weighted by Gasteiger charge is 2.28. The summed E-state index contributed by atoms with van der Waals surface area (Å²) in [7, 11) is 0. The van der Waals surface area contributed by atoms with Crippen LogP contribution < -0.4 is 5.32 Å². The molecule has 0 aromatic heterocycles. The lowest BCUT2D eigenvalue weighted by molar-refractivity contribution is 0.228. The van der Waals surface area contributed by atoms with Crippen molar-refractivity contribution in [2.24, 2.45) is 5.92 Å². The largest absolute Gasteiger partial charge is 0.314 e. The highest BCUT2D eigenvalue weighted by molar-refractivity contribution is 4.84. The summed E-state index contributed by atoms with van der Waals surface area (Å²) < 4.78 is 0. The van der Waals surface area contributed by atoms with Crippen LogP contribution >= 0.6 is 0 Å². The Morgan fingerprint density at radius 2 is 1.89 bits per heavy atom. The van der Waals surface area contributed by atoms with E-state index in [0.29, 0.717) is 6.04 Å². The maximum absolute atomic E-state index is 3.57. The van der Waals surface area contributed by atoms with Crippen molar-refractivity contribution >= 4 is 0 Å². The van der Waals surface area contributed by atoms with Crippen molar-refractivity contribution in [2.75, 3.05) is 19.6 Å². The van der Waals surface area contributed by atoms with E-state index in [-0.39, 0.29) is 0 Å². The van der Waals surface area contributed by atoms with Gasteiger partial charge in [-0.3, -0.25) is 0 Å². The molecule has 1 fully saturated rings. The van der Waals surface area contributed by atoms with Gasteiger partial charge < -0.3 is 10.2 Å². The molecule has 1 atom stereocenters. The summed E-state index contributed by atoms with van der Waals surface area (Å²) in [4.78, 5) is 2.73. The lowest BCUT2D eigenvalue weighted by Gasteiger charge is -2.24. The smallest absolute Gasteiger partial charge is 0.00965 e. The van der Waals surface area contributed by atoms with Crippen LogP contribution in [0.5, 0.6) is 0 Å². The maximum atomic E-state index is 3.57. The number of hydrogen-bond acceptors (Lipinski definition) is 2. The van der Waals surface area contributed by atoms with Crippen molar-refractivity contribution in [3.8, 4) is 0 Å². The van der Waals surface area contributed by atoms with E-state index in [0.717, 1.165) is 12.0 Å². The summed E-state index contributed by atoms with van der Waals surface area (Å²) in [5, 5.41) is 3.57. The Morgan fingerprint density at radius 3 is 2.44 bits per heavy atom. The average molecular weight is 254 g/mol.